The summed E-state index contributed by atoms with van der Waals surface area (Å²) in [6, 6.07) is 16.3. The molecule has 2 unspecified atom stereocenters. The Morgan fingerprint density at radius 1 is 0.605 bits per heavy atom. The zero-order chi connectivity index (χ0) is 26.5. The monoisotopic (exact) mass is 512 g/mol. The van der Waals surface area contributed by atoms with Crippen LogP contribution in [0.4, 0.5) is 0 Å². The molecule has 2 N–H and O–H groups in total. The second-order valence-corrected chi connectivity index (χ2v) is 11.1. The predicted octanol–water partition coefficient (Wildman–Crippen LogP) is 7.77. The molecule has 0 bridgehead atoms. The molecule has 0 saturated heterocycles. The highest BCUT2D eigenvalue weighted by Crippen LogP contribution is 2.36. The van der Waals surface area contributed by atoms with Crippen LogP contribution < -0.4 is 4.74 Å². The first kappa shape index (κ1) is 26.5. The molecule has 1 saturated carbocycles. The molecule has 2 atom stereocenters. The van der Waals surface area contributed by atoms with Gasteiger partial charge in [0.2, 0.25) is 0 Å². The van der Waals surface area contributed by atoms with Crippen LogP contribution in [0.25, 0.3) is 11.1 Å². The number of hydrogen-bond donors (Lipinski definition) is 2. The van der Waals surface area contributed by atoms with Gasteiger partial charge in [-0.2, -0.15) is 0 Å². The lowest BCUT2D eigenvalue weighted by Crippen LogP contribution is -2.34. The Morgan fingerprint density at radius 3 is 1.66 bits per heavy atom. The van der Waals surface area contributed by atoms with E-state index in [1.54, 1.807) is 0 Å². The van der Waals surface area contributed by atoms with Gasteiger partial charge in [-0.15, -0.1) is 0 Å². The maximum absolute atomic E-state index is 10.8. The first-order valence-corrected chi connectivity index (χ1v) is 14.1. The summed E-state index contributed by atoms with van der Waals surface area (Å²) in [5, 5.41) is 21.5. The molecule has 4 nitrogen and oxygen atoms in total. The van der Waals surface area contributed by atoms with Crippen molar-refractivity contribution in [2.75, 3.05) is 0 Å². The lowest BCUT2D eigenvalue weighted by Gasteiger charge is -2.34. The van der Waals surface area contributed by atoms with Crippen LogP contribution in [0.3, 0.4) is 0 Å². The quantitative estimate of drug-likeness (QED) is 0.355. The van der Waals surface area contributed by atoms with Gasteiger partial charge >= 0.3 is 0 Å². The highest BCUT2D eigenvalue weighted by molar-refractivity contribution is 5.64. The molecule has 0 amide bonds. The Kier molecular flexibility index (Phi) is 8.51. The highest BCUT2D eigenvalue weighted by atomic mass is 16.6. The fraction of sp³-hybridized carbons (Fsp3) is 0.412. The van der Waals surface area contributed by atoms with Gasteiger partial charge in [-0.1, -0.05) is 65.8 Å². The standard InChI is InChI=1S/C34H40O4/c1-23-3-7-25(8-4-23)27-15-19-31(20-16-27)37-33(35)29-11-13-30(14-12-29)34(36)38-32-21-17-28(18-22-32)26-9-5-24(2)6-10-26/h3-5,7-9,15-17,19-21,29-30,33-36H,6,10-14,18,22H2,1-2H3. The number of aliphatic hydroxyl groups is 2. The van der Waals surface area contributed by atoms with Gasteiger partial charge in [-0.3, -0.25) is 0 Å². The number of allylic oxidation sites excluding steroid dienone is 8. The van der Waals surface area contributed by atoms with E-state index in [-0.39, 0.29) is 11.8 Å². The van der Waals surface area contributed by atoms with Crippen molar-refractivity contribution in [1.29, 1.82) is 0 Å². The fourth-order valence-electron chi connectivity index (χ4n) is 5.67. The molecule has 1 fully saturated rings. The number of ether oxygens (including phenoxy) is 2. The lowest BCUT2D eigenvalue weighted by atomic mass is 9.81. The zero-order valence-electron chi connectivity index (χ0n) is 22.6. The van der Waals surface area contributed by atoms with E-state index in [0.29, 0.717) is 5.75 Å². The third kappa shape index (κ3) is 6.67. The minimum absolute atomic E-state index is 0.0519. The van der Waals surface area contributed by atoms with Crippen LogP contribution in [0.2, 0.25) is 0 Å². The van der Waals surface area contributed by atoms with Crippen LogP contribution in [-0.2, 0) is 4.74 Å². The van der Waals surface area contributed by atoms with Gasteiger partial charge in [0.15, 0.2) is 12.6 Å². The Labute approximate surface area is 227 Å². The highest BCUT2D eigenvalue weighted by Gasteiger charge is 2.32. The van der Waals surface area contributed by atoms with Crippen molar-refractivity contribution in [3.63, 3.8) is 0 Å². The largest absolute Gasteiger partial charge is 0.469 e. The van der Waals surface area contributed by atoms with E-state index >= 15 is 0 Å². The lowest BCUT2D eigenvalue weighted by molar-refractivity contribution is -0.131. The number of aliphatic hydroxyl groups excluding tert-OH is 2. The van der Waals surface area contributed by atoms with Crippen molar-refractivity contribution in [2.24, 2.45) is 11.8 Å². The summed E-state index contributed by atoms with van der Waals surface area (Å²) in [6.45, 7) is 4.27. The summed E-state index contributed by atoms with van der Waals surface area (Å²) < 4.78 is 11.9. The zero-order valence-corrected chi connectivity index (χ0v) is 22.6. The summed E-state index contributed by atoms with van der Waals surface area (Å²) in [5.41, 5.74) is 7.77. The molecule has 5 rings (SSSR count). The fourth-order valence-corrected chi connectivity index (χ4v) is 5.67. The van der Waals surface area contributed by atoms with Crippen molar-refractivity contribution >= 4 is 0 Å². The van der Waals surface area contributed by atoms with Gasteiger partial charge in [0, 0.05) is 18.3 Å². The summed E-state index contributed by atoms with van der Waals surface area (Å²) >= 11 is 0. The Morgan fingerprint density at radius 2 is 1.13 bits per heavy atom. The summed E-state index contributed by atoms with van der Waals surface area (Å²) in [6.07, 6.45) is 14.3. The van der Waals surface area contributed by atoms with Crippen LogP contribution in [0.15, 0.2) is 95.3 Å². The van der Waals surface area contributed by atoms with Crippen molar-refractivity contribution in [2.45, 2.75) is 77.8 Å². The van der Waals surface area contributed by atoms with Gasteiger partial charge in [0.05, 0.1) is 5.76 Å². The van der Waals surface area contributed by atoms with E-state index in [0.717, 1.165) is 68.3 Å². The molecule has 0 radical (unpaired) electrons. The van der Waals surface area contributed by atoms with Crippen LogP contribution >= 0.6 is 0 Å². The van der Waals surface area contributed by atoms with Gasteiger partial charge in [-0.25, -0.2) is 0 Å². The molecule has 0 aromatic heterocycles. The average Bonchev–Trinajstić information content (AvgIpc) is 2.95. The van der Waals surface area contributed by atoms with E-state index in [2.05, 4.69) is 56.3 Å². The molecular weight excluding hydrogens is 472 g/mol. The Bertz CT molecular complexity index is 1210. The molecule has 38 heavy (non-hydrogen) atoms. The third-order valence-electron chi connectivity index (χ3n) is 8.27. The molecule has 2 aromatic rings. The van der Waals surface area contributed by atoms with E-state index in [4.69, 9.17) is 9.47 Å². The number of rotatable bonds is 8. The topological polar surface area (TPSA) is 58.9 Å². The molecule has 3 aliphatic carbocycles. The van der Waals surface area contributed by atoms with Crippen molar-refractivity contribution < 1.29 is 19.7 Å². The maximum atomic E-state index is 10.8. The molecule has 2 aromatic carbocycles. The van der Waals surface area contributed by atoms with Crippen LogP contribution in [-0.4, -0.2) is 22.8 Å². The molecule has 3 aliphatic rings. The normalized spacial score (nSPS) is 23.4. The molecule has 4 heteroatoms. The van der Waals surface area contributed by atoms with Gasteiger partial charge in [0.25, 0.3) is 0 Å². The molecule has 0 heterocycles. The van der Waals surface area contributed by atoms with Crippen LogP contribution in [0.5, 0.6) is 5.75 Å². The van der Waals surface area contributed by atoms with Crippen molar-refractivity contribution in [1.82, 2.24) is 0 Å². The second kappa shape index (κ2) is 12.2. The number of hydrogen-bond acceptors (Lipinski definition) is 4. The predicted molar refractivity (Wildman–Crippen MR) is 152 cm³/mol. The van der Waals surface area contributed by atoms with E-state index in [1.807, 2.05) is 30.3 Å². The van der Waals surface area contributed by atoms with E-state index < -0.39 is 12.6 Å². The van der Waals surface area contributed by atoms with Crippen LogP contribution in [0, 0.1) is 18.8 Å². The summed E-state index contributed by atoms with van der Waals surface area (Å²) in [5.74, 6) is 1.67. The van der Waals surface area contributed by atoms with Gasteiger partial charge in [0.1, 0.15) is 5.75 Å². The SMILES string of the molecule is CC1=CC=C(C2=CC=C(OC(O)C3CCC(C(O)Oc4ccc(-c5ccc(C)cc5)cc4)CC3)CC2)CC1. The molecule has 0 aliphatic heterocycles. The first-order chi connectivity index (χ1) is 18.4. The molecule has 200 valence electrons. The second-order valence-electron chi connectivity index (χ2n) is 11.1. The Balaban J connectivity index is 1.08. The van der Waals surface area contributed by atoms with Gasteiger partial charge < -0.3 is 19.7 Å². The average molecular weight is 513 g/mol. The summed E-state index contributed by atoms with van der Waals surface area (Å²) in [4.78, 5) is 0. The van der Waals surface area contributed by atoms with Crippen molar-refractivity contribution in [3.8, 4) is 16.9 Å². The van der Waals surface area contributed by atoms with Crippen molar-refractivity contribution in [3.05, 3.63) is 101 Å². The Hall–Kier alpha value is -3.08. The van der Waals surface area contributed by atoms with Gasteiger partial charge in [-0.05, 0) is 99.3 Å². The first-order valence-electron chi connectivity index (χ1n) is 14.1. The molecule has 0 spiro atoms. The maximum Gasteiger partial charge on any atom is 0.200 e. The minimum atomic E-state index is -0.850. The smallest absolute Gasteiger partial charge is 0.200 e. The third-order valence-corrected chi connectivity index (χ3v) is 8.27. The van der Waals surface area contributed by atoms with E-state index in [9.17, 15) is 10.2 Å². The summed E-state index contributed by atoms with van der Waals surface area (Å²) in [7, 11) is 0. The number of benzene rings is 2. The molecular formula is C34H40O4. The van der Waals surface area contributed by atoms with Crippen LogP contribution in [0.1, 0.15) is 63.9 Å². The minimum Gasteiger partial charge on any atom is -0.469 e. The van der Waals surface area contributed by atoms with E-state index in [1.165, 1.54) is 22.3 Å². The number of aryl methyl sites for hydroxylation is 1.